The van der Waals surface area contributed by atoms with Gasteiger partial charge >= 0.3 is 25.0 Å². The van der Waals surface area contributed by atoms with E-state index in [0.717, 1.165) is 25.9 Å². The predicted octanol–water partition coefficient (Wildman–Crippen LogP) is 0.827. The van der Waals surface area contributed by atoms with Gasteiger partial charge in [0.05, 0.1) is 0 Å². The van der Waals surface area contributed by atoms with Crippen molar-refractivity contribution in [2.24, 2.45) is 5.41 Å². The molecule has 0 aromatic carbocycles. The van der Waals surface area contributed by atoms with E-state index in [1.807, 2.05) is 20.8 Å². The van der Waals surface area contributed by atoms with Gasteiger partial charge in [0.1, 0.15) is 0 Å². The van der Waals surface area contributed by atoms with Crippen LogP contribution in [0, 0.1) is 5.41 Å². The molecule has 0 saturated carbocycles. The Morgan fingerprint density at radius 1 is 1.05 bits per heavy atom. The van der Waals surface area contributed by atoms with E-state index in [1.165, 1.54) is 6.42 Å². The molecule has 1 heterocycles. The number of rotatable bonds is 4. The van der Waals surface area contributed by atoms with Crippen LogP contribution in [0.3, 0.4) is 0 Å². The third-order valence-electron chi connectivity index (χ3n) is 3.37. The first-order valence-corrected chi connectivity index (χ1v) is 6.64. The zero-order valence-corrected chi connectivity index (χ0v) is 12.6. The Morgan fingerprint density at radius 2 is 1.58 bits per heavy atom. The Hall–Kier alpha value is 0.307. The number of hydrogen-bond donors (Lipinski definition) is 0. The van der Waals surface area contributed by atoms with E-state index >= 15 is 0 Å². The molecular weight excluding hydrogens is 248 g/mol. The Bertz CT molecular complexity index is 245. The van der Waals surface area contributed by atoms with Crippen LogP contribution in [-0.2, 0) is 0 Å². The average Bonchev–Trinajstić information content (AvgIpc) is 2.22. The van der Waals surface area contributed by atoms with Crippen LogP contribution in [-0.4, -0.2) is 43.3 Å². The van der Waals surface area contributed by atoms with Crippen molar-refractivity contribution < 1.29 is 32.0 Å². The molecule has 19 heavy (non-hydrogen) atoms. The summed E-state index contributed by atoms with van der Waals surface area (Å²) in [4.78, 5) is 2.25. The van der Waals surface area contributed by atoms with Crippen LogP contribution in [0.2, 0.25) is 0 Å². The van der Waals surface area contributed by atoms with Crippen LogP contribution in [0.5, 0.6) is 0 Å². The molecule has 1 aliphatic heterocycles. The number of likely N-dealkylation sites (tertiary alicyclic amines) is 1. The molecule has 1 saturated heterocycles. The van der Waals surface area contributed by atoms with Gasteiger partial charge in [-0.25, -0.2) is 0 Å². The van der Waals surface area contributed by atoms with Crippen LogP contribution in [0.15, 0.2) is 0 Å². The van der Waals surface area contributed by atoms with E-state index in [0.29, 0.717) is 6.54 Å². The minimum atomic E-state index is -4.19. The predicted molar refractivity (Wildman–Crippen MR) is 67.8 cm³/mol. The topological polar surface area (TPSA) is 17.3 Å². The van der Waals surface area contributed by atoms with E-state index in [4.69, 9.17) is 0 Å². The Morgan fingerprint density at radius 3 is 2.00 bits per heavy atom. The SMILES string of the molecule is CC(C)(C)[C@@H](CN1CCCCC1)[N-]CC(F)(F)F.[Li+]. The standard InChI is InChI=1S/C13H24F3N2.Li/c1-12(2,3)11(17-10-13(14,15)16)9-18-7-5-4-6-8-18;/h11H,4-10H2,1-3H3;/q-1;+1/t11-;/m1./s1. The van der Waals surface area contributed by atoms with Crippen LogP contribution in [0.1, 0.15) is 40.0 Å². The van der Waals surface area contributed by atoms with Gasteiger partial charge < -0.3 is 10.2 Å². The maximum atomic E-state index is 12.3. The van der Waals surface area contributed by atoms with Gasteiger partial charge in [-0.2, -0.15) is 13.2 Å². The first kappa shape index (κ1) is 19.3. The molecule has 6 heteroatoms. The number of piperidine rings is 1. The summed E-state index contributed by atoms with van der Waals surface area (Å²) in [7, 11) is 0. The van der Waals surface area contributed by atoms with Crippen molar-refractivity contribution in [1.29, 1.82) is 0 Å². The Balaban J connectivity index is 0.00000324. The smallest absolute Gasteiger partial charge is 0.651 e. The number of alkyl halides is 3. The van der Waals surface area contributed by atoms with Crippen molar-refractivity contribution in [2.75, 3.05) is 26.2 Å². The van der Waals surface area contributed by atoms with Crippen molar-refractivity contribution in [2.45, 2.75) is 52.3 Å². The molecule has 0 unspecified atom stereocenters. The number of nitrogens with zero attached hydrogens (tertiary/aromatic N) is 2. The first-order chi connectivity index (χ1) is 8.18. The summed E-state index contributed by atoms with van der Waals surface area (Å²) in [6, 6.07) is -0.253. The molecule has 1 fully saturated rings. The van der Waals surface area contributed by atoms with E-state index in [2.05, 4.69) is 10.2 Å². The molecule has 0 spiro atoms. The third-order valence-corrected chi connectivity index (χ3v) is 3.37. The molecule has 1 atom stereocenters. The van der Waals surface area contributed by atoms with Crippen LogP contribution < -0.4 is 18.9 Å². The fourth-order valence-electron chi connectivity index (χ4n) is 2.21. The van der Waals surface area contributed by atoms with E-state index in [9.17, 15) is 13.2 Å². The van der Waals surface area contributed by atoms with Gasteiger partial charge in [-0.1, -0.05) is 39.2 Å². The molecule has 108 valence electrons. The van der Waals surface area contributed by atoms with Gasteiger partial charge in [0.2, 0.25) is 0 Å². The zero-order valence-electron chi connectivity index (χ0n) is 12.6. The number of hydrogen-bond acceptors (Lipinski definition) is 1. The largest absolute Gasteiger partial charge is 1.00 e. The van der Waals surface area contributed by atoms with Crippen LogP contribution >= 0.6 is 0 Å². The van der Waals surface area contributed by atoms with Crippen molar-refractivity contribution >= 4 is 0 Å². The van der Waals surface area contributed by atoms with Gasteiger partial charge in [-0.15, -0.1) is 6.04 Å². The summed E-state index contributed by atoms with van der Waals surface area (Å²) in [5.74, 6) is 0. The van der Waals surface area contributed by atoms with Gasteiger partial charge in [0, 0.05) is 0 Å². The molecule has 0 aromatic rings. The second kappa shape index (κ2) is 7.92. The van der Waals surface area contributed by atoms with Gasteiger partial charge in [-0.05, 0) is 32.5 Å². The monoisotopic (exact) mass is 272 g/mol. The minimum Gasteiger partial charge on any atom is -0.651 e. The Labute approximate surface area is 126 Å². The summed E-state index contributed by atoms with van der Waals surface area (Å²) in [5, 5.41) is 3.89. The van der Waals surface area contributed by atoms with Crippen LogP contribution in [0.25, 0.3) is 5.32 Å². The van der Waals surface area contributed by atoms with E-state index < -0.39 is 12.7 Å². The fraction of sp³-hybridized carbons (Fsp3) is 1.00. The summed E-state index contributed by atoms with van der Waals surface area (Å²) >= 11 is 0. The summed E-state index contributed by atoms with van der Waals surface area (Å²) < 4.78 is 36.8. The maximum Gasteiger partial charge on any atom is 1.00 e. The van der Waals surface area contributed by atoms with Gasteiger partial charge in [-0.3, -0.25) is 0 Å². The minimum absolute atomic E-state index is 0. The van der Waals surface area contributed by atoms with Crippen molar-refractivity contribution in [3.05, 3.63) is 5.32 Å². The first-order valence-electron chi connectivity index (χ1n) is 6.64. The molecule has 0 N–H and O–H groups in total. The van der Waals surface area contributed by atoms with E-state index in [1.54, 1.807) is 0 Å². The zero-order chi connectivity index (χ0) is 13.8. The van der Waals surface area contributed by atoms with Crippen molar-refractivity contribution in [3.63, 3.8) is 0 Å². The Kier molecular flexibility index (Phi) is 8.05. The summed E-state index contributed by atoms with van der Waals surface area (Å²) in [6.07, 6.45) is -0.659. The molecule has 0 aromatic heterocycles. The average molecular weight is 272 g/mol. The third kappa shape index (κ3) is 8.24. The molecule has 1 rings (SSSR count). The molecule has 2 nitrogen and oxygen atoms in total. The molecule has 0 aliphatic carbocycles. The van der Waals surface area contributed by atoms with Crippen LogP contribution in [0.4, 0.5) is 13.2 Å². The molecule has 0 amide bonds. The molecule has 0 radical (unpaired) electrons. The van der Waals surface area contributed by atoms with Crippen molar-refractivity contribution in [1.82, 2.24) is 4.90 Å². The second-order valence-corrected chi connectivity index (χ2v) is 6.20. The fourth-order valence-corrected chi connectivity index (χ4v) is 2.21. The van der Waals surface area contributed by atoms with Gasteiger partial charge in [0.15, 0.2) is 0 Å². The molecule has 1 aliphatic rings. The second-order valence-electron chi connectivity index (χ2n) is 6.20. The van der Waals surface area contributed by atoms with E-state index in [-0.39, 0.29) is 30.3 Å². The quantitative estimate of drug-likeness (QED) is 0.693. The normalized spacial score (nSPS) is 19.9. The maximum absolute atomic E-state index is 12.3. The number of halogens is 3. The summed E-state index contributed by atoms with van der Waals surface area (Å²) in [6.45, 7) is 7.50. The van der Waals surface area contributed by atoms with Gasteiger partial charge in [0.25, 0.3) is 0 Å². The molecular formula is C13H24F3LiN2. The molecule has 0 bridgehead atoms. The van der Waals surface area contributed by atoms with Crippen molar-refractivity contribution in [3.8, 4) is 0 Å². The summed E-state index contributed by atoms with van der Waals surface area (Å²) in [5.41, 5.74) is -0.220.